The van der Waals surface area contributed by atoms with Crippen molar-refractivity contribution in [3.63, 3.8) is 0 Å². The van der Waals surface area contributed by atoms with E-state index in [2.05, 4.69) is 9.97 Å². The van der Waals surface area contributed by atoms with Gasteiger partial charge in [0.2, 0.25) is 0 Å². The van der Waals surface area contributed by atoms with Crippen LogP contribution in [-0.4, -0.2) is 34.8 Å². The lowest BCUT2D eigenvalue weighted by Crippen LogP contribution is -2.16. The number of benzene rings is 1. The summed E-state index contributed by atoms with van der Waals surface area (Å²) in [4.78, 5) is 28.8. The summed E-state index contributed by atoms with van der Waals surface area (Å²) < 4.78 is 10.6. The summed E-state index contributed by atoms with van der Waals surface area (Å²) in [5.74, 6) is 0.694. The Hall–Kier alpha value is -2.83. The smallest absolute Gasteiger partial charge is 0.309 e. The number of H-pyrrole nitrogens is 1. The Morgan fingerprint density at radius 2 is 2.09 bits per heavy atom. The van der Waals surface area contributed by atoms with E-state index in [1.165, 1.54) is 6.07 Å². The molecule has 116 valence electrons. The van der Waals surface area contributed by atoms with E-state index >= 15 is 0 Å². The first kappa shape index (κ1) is 15.6. The zero-order valence-electron chi connectivity index (χ0n) is 12.0. The fraction of sp³-hybridized carbons (Fsp3) is 0.267. The van der Waals surface area contributed by atoms with Gasteiger partial charge in [0, 0.05) is 18.6 Å². The number of carbonyl (C=O) groups is 1. The molecule has 1 aromatic heterocycles. The lowest BCUT2D eigenvalue weighted by atomic mass is 10.3. The molecule has 0 unspecified atom stereocenters. The van der Waals surface area contributed by atoms with E-state index < -0.39 is 5.97 Å². The first-order valence-electron chi connectivity index (χ1n) is 6.64. The Bertz CT molecular complexity index is 711. The number of aliphatic carboxylic acids is 1. The maximum atomic E-state index is 11.5. The highest BCUT2D eigenvalue weighted by Gasteiger charge is 2.06. The number of nitrogens with zero attached hydrogens (tertiary/aromatic N) is 1. The number of aromatic nitrogens is 2. The van der Waals surface area contributed by atoms with Gasteiger partial charge in [-0.2, -0.15) is 0 Å². The minimum Gasteiger partial charge on any atom is -0.497 e. The molecule has 2 aromatic rings. The van der Waals surface area contributed by atoms with Crippen LogP contribution in [0.4, 0.5) is 0 Å². The fourth-order valence-electron chi connectivity index (χ4n) is 1.88. The van der Waals surface area contributed by atoms with E-state index in [-0.39, 0.29) is 17.7 Å². The molecule has 0 radical (unpaired) electrons. The number of rotatable bonds is 7. The third-order valence-corrected chi connectivity index (χ3v) is 2.82. The van der Waals surface area contributed by atoms with Crippen LogP contribution in [0.5, 0.6) is 11.5 Å². The molecule has 1 heterocycles. The van der Waals surface area contributed by atoms with Gasteiger partial charge in [0.05, 0.1) is 25.8 Å². The van der Waals surface area contributed by atoms with Crippen molar-refractivity contribution in [1.29, 1.82) is 0 Å². The van der Waals surface area contributed by atoms with Crippen LogP contribution >= 0.6 is 0 Å². The number of ether oxygens (including phenoxy) is 2. The number of nitrogens with one attached hydrogen (secondary N) is 1. The van der Waals surface area contributed by atoms with Crippen molar-refractivity contribution in [3.05, 3.63) is 52.2 Å². The molecule has 0 saturated carbocycles. The Labute approximate surface area is 126 Å². The van der Waals surface area contributed by atoms with E-state index in [0.29, 0.717) is 30.4 Å². The van der Waals surface area contributed by atoms with Gasteiger partial charge in [-0.15, -0.1) is 0 Å². The predicted molar refractivity (Wildman–Crippen MR) is 78.4 cm³/mol. The summed E-state index contributed by atoms with van der Waals surface area (Å²) in [6.07, 6.45) is 0.0770. The predicted octanol–water partition coefficient (Wildman–Crippen LogP) is 1.03. The van der Waals surface area contributed by atoms with Crippen molar-refractivity contribution in [2.45, 2.75) is 12.8 Å². The number of carboxylic acid groups (broad SMARTS) is 1. The molecule has 1 aromatic carbocycles. The highest BCUT2D eigenvalue weighted by molar-refractivity contribution is 5.69. The first-order valence-corrected chi connectivity index (χ1v) is 6.64. The summed E-state index contributed by atoms with van der Waals surface area (Å²) >= 11 is 0. The highest BCUT2D eigenvalue weighted by Crippen LogP contribution is 2.18. The zero-order valence-corrected chi connectivity index (χ0v) is 12.0. The summed E-state index contributed by atoms with van der Waals surface area (Å²) in [7, 11) is 1.57. The standard InChI is InChI=1S/C15H16N2O5/c1-21-11-3-2-4-12(9-11)22-6-5-13-16-10(8-15(19)20)7-14(18)17-13/h2-4,7,9H,5-6,8H2,1H3,(H,19,20)(H,16,17,18). The molecular weight excluding hydrogens is 288 g/mol. The number of methoxy groups -OCH3 is 1. The Balaban J connectivity index is 1.97. The summed E-state index contributed by atoms with van der Waals surface area (Å²) in [5.41, 5.74) is -0.143. The molecule has 0 spiro atoms. The van der Waals surface area contributed by atoms with E-state index in [1.807, 2.05) is 6.07 Å². The Morgan fingerprint density at radius 1 is 1.32 bits per heavy atom. The molecule has 0 bridgehead atoms. The Kier molecular flexibility index (Phi) is 5.13. The quantitative estimate of drug-likeness (QED) is 0.792. The Morgan fingerprint density at radius 3 is 2.82 bits per heavy atom. The molecule has 0 amide bonds. The molecule has 2 rings (SSSR count). The maximum absolute atomic E-state index is 11.5. The largest absolute Gasteiger partial charge is 0.497 e. The monoisotopic (exact) mass is 304 g/mol. The fourth-order valence-corrected chi connectivity index (χ4v) is 1.88. The van der Waals surface area contributed by atoms with E-state index in [0.717, 1.165) is 0 Å². The van der Waals surface area contributed by atoms with Crippen molar-refractivity contribution in [2.75, 3.05) is 13.7 Å². The minimum atomic E-state index is -1.03. The molecule has 7 nitrogen and oxygen atoms in total. The zero-order chi connectivity index (χ0) is 15.9. The van der Waals surface area contributed by atoms with E-state index in [9.17, 15) is 9.59 Å². The van der Waals surface area contributed by atoms with Crippen molar-refractivity contribution in [3.8, 4) is 11.5 Å². The van der Waals surface area contributed by atoms with Crippen LogP contribution in [0, 0.1) is 0 Å². The third kappa shape index (κ3) is 4.62. The first-order chi connectivity index (χ1) is 10.6. The maximum Gasteiger partial charge on any atom is 0.309 e. The van der Waals surface area contributed by atoms with Crippen molar-refractivity contribution in [1.82, 2.24) is 9.97 Å². The van der Waals surface area contributed by atoms with Gasteiger partial charge in [-0.1, -0.05) is 6.07 Å². The van der Waals surface area contributed by atoms with E-state index in [1.54, 1.807) is 25.3 Å². The highest BCUT2D eigenvalue weighted by atomic mass is 16.5. The molecule has 0 atom stereocenters. The van der Waals surface area contributed by atoms with Crippen molar-refractivity contribution in [2.24, 2.45) is 0 Å². The number of hydrogen-bond acceptors (Lipinski definition) is 5. The van der Waals surface area contributed by atoms with Crippen molar-refractivity contribution < 1.29 is 19.4 Å². The molecule has 22 heavy (non-hydrogen) atoms. The molecule has 2 N–H and O–H groups in total. The van der Waals surface area contributed by atoms with Gasteiger partial charge in [0.1, 0.15) is 17.3 Å². The minimum absolute atomic E-state index is 0.229. The normalized spacial score (nSPS) is 10.2. The molecular formula is C15H16N2O5. The van der Waals surface area contributed by atoms with Gasteiger partial charge < -0.3 is 19.6 Å². The van der Waals surface area contributed by atoms with Crippen molar-refractivity contribution >= 4 is 5.97 Å². The van der Waals surface area contributed by atoms with Crippen LogP contribution in [0.1, 0.15) is 11.5 Å². The second kappa shape index (κ2) is 7.26. The van der Waals surface area contributed by atoms with Gasteiger partial charge in [-0.25, -0.2) is 4.98 Å². The molecule has 7 heteroatoms. The second-order valence-corrected chi connectivity index (χ2v) is 4.53. The summed E-state index contributed by atoms with van der Waals surface area (Å²) in [5, 5.41) is 8.73. The van der Waals surface area contributed by atoms with Gasteiger partial charge in [0.25, 0.3) is 5.56 Å². The molecule has 0 aliphatic heterocycles. The molecule has 0 aliphatic carbocycles. The van der Waals surface area contributed by atoms with Gasteiger partial charge in [-0.05, 0) is 12.1 Å². The topological polar surface area (TPSA) is 102 Å². The molecule has 0 aliphatic rings. The molecule has 0 fully saturated rings. The third-order valence-electron chi connectivity index (χ3n) is 2.82. The van der Waals surface area contributed by atoms with Crippen LogP contribution in [0.15, 0.2) is 35.1 Å². The van der Waals surface area contributed by atoms with Crippen LogP contribution in [0.3, 0.4) is 0 Å². The lowest BCUT2D eigenvalue weighted by Gasteiger charge is -2.07. The number of carboxylic acids is 1. The molecule has 0 saturated heterocycles. The van der Waals surface area contributed by atoms with E-state index in [4.69, 9.17) is 14.6 Å². The van der Waals surface area contributed by atoms with Gasteiger partial charge >= 0.3 is 5.97 Å². The number of hydrogen-bond donors (Lipinski definition) is 2. The van der Waals surface area contributed by atoms with Crippen LogP contribution < -0.4 is 15.0 Å². The number of aromatic amines is 1. The summed E-state index contributed by atoms with van der Waals surface area (Å²) in [6, 6.07) is 8.33. The SMILES string of the molecule is COc1cccc(OCCc2nc(CC(=O)O)cc(=O)[nH]2)c1. The lowest BCUT2D eigenvalue weighted by molar-refractivity contribution is -0.136. The average molecular weight is 304 g/mol. The second-order valence-electron chi connectivity index (χ2n) is 4.53. The van der Waals surface area contributed by atoms with Crippen LogP contribution in [0.2, 0.25) is 0 Å². The van der Waals surface area contributed by atoms with Gasteiger partial charge in [-0.3, -0.25) is 9.59 Å². The van der Waals surface area contributed by atoms with Gasteiger partial charge in [0.15, 0.2) is 0 Å². The average Bonchev–Trinajstić information content (AvgIpc) is 2.46. The van der Waals surface area contributed by atoms with Crippen LogP contribution in [0.25, 0.3) is 0 Å². The summed E-state index contributed by atoms with van der Waals surface area (Å²) in [6.45, 7) is 0.298. The van der Waals surface area contributed by atoms with Crippen LogP contribution in [-0.2, 0) is 17.6 Å².